The molecule has 0 bridgehead atoms. The van der Waals surface area contributed by atoms with E-state index in [0.717, 1.165) is 0 Å². The van der Waals surface area contributed by atoms with Crippen molar-refractivity contribution in [3.63, 3.8) is 0 Å². The number of halogens is 2. The third kappa shape index (κ3) is 4.56. The first kappa shape index (κ1) is 16.3. The topological polar surface area (TPSA) is 29.1 Å². The molecule has 1 N–H and O–H groups in total. The van der Waals surface area contributed by atoms with E-state index in [4.69, 9.17) is 11.6 Å². The van der Waals surface area contributed by atoms with Crippen molar-refractivity contribution in [3.8, 4) is 0 Å². The fraction of sp³-hybridized carbons (Fsp3) is 0.417. The summed E-state index contributed by atoms with van der Waals surface area (Å²) >= 11 is 9.68. The van der Waals surface area contributed by atoms with Crippen molar-refractivity contribution in [1.29, 1.82) is 0 Å². The number of rotatable bonds is 3. The highest BCUT2D eigenvalue weighted by Crippen LogP contribution is 2.22. The second-order valence-electron chi connectivity index (χ2n) is 2.94. The van der Waals surface area contributed by atoms with Gasteiger partial charge in [-0.05, 0) is 18.6 Å². The molecular formula is C12H17ClFNOS. The SMILES string of the molecule is CC.CCc1c(F)cc(C(=O)NCS)cc1Cl. The Labute approximate surface area is 112 Å². The Balaban J connectivity index is 0.00000121. The van der Waals surface area contributed by atoms with Gasteiger partial charge < -0.3 is 5.32 Å². The molecule has 0 saturated carbocycles. The van der Waals surface area contributed by atoms with Crippen molar-refractivity contribution in [1.82, 2.24) is 5.32 Å². The summed E-state index contributed by atoms with van der Waals surface area (Å²) in [5.74, 6) is -0.629. The third-order valence-corrected chi connectivity index (χ3v) is 2.49. The summed E-state index contributed by atoms with van der Waals surface area (Å²) in [7, 11) is 0. The maximum Gasteiger partial charge on any atom is 0.252 e. The Hall–Kier alpha value is -0.740. The van der Waals surface area contributed by atoms with Crippen LogP contribution in [0.1, 0.15) is 36.7 Å². The largest absolute Gasteiger partial charge is 0.343 e. The lowest BCUT2D eigenvalue weighted by molar-refractivity contribution is 0.0960. The van der Waals surface area contributed by atoms with Crippen LogP contribution in [0.3, 0.4) is 0 Å². The van der Waals surface area contributed by atoms with Crippen LogP contribution in [0.25, 0.3) is 0 Å². The summed E-state index contributed by atoms with van der Waals surface area (Å²) in [4.78, 5) is 11.4. The van der Waals surface area contributed by atoms with E-state index < -0.39 is 5.82 Å². The first-order valence-corrected chi connectivity index (χ1v) is 6.48. The number of carbonyl (C=O) groups is 1. The second kappa shape index (κ2) is 8.37. The molecule has 0 spiro atoms. The summed E-state index contributed by atoms with van der Waals surface area (Å²) in [5.41, 5.74) is 0.642. The lowest BCUT2D eigenvalue weighted by Crippen LogP contribution is -2.21. The van der Waals surface area contributed by atoms with Gasteiger partial charge in [0.05, 0.1) is 5.88 Å². The molecular weight excluding hydrogens is 261 g/mol. The monoisotopic (exact) mass is 277 g/mol. The number of carbonyl (C=O) groups excluding carboxylic acids is 1. The van der Waals surface area contributed by atoms with Gasteiger partial charge >= 0.3 is 0 Å². The molecule has 96 valence electrons. The summed E-state index contributed by atoms with van der Waals surface area (Å²) in [6.45, 7) is 5.80. The molecule has 0 heterocycles. The molecule has 0 fully saturated rings. The molecule has 17 heavy (non-hydrogen) atoms. The molecule has 0 saturated heterocycles. The maximum absolute atomic E-state index is 13.4. The Morgan fingerprint density at radius 3 is 2.47 bits per heavy atom. The molecule has 0 aliphatic heterocycles. The predicted molar refractivity (Wildman–Crippen MR) is 73.5 cm³/mol. The van der Waals surface area contributed by atoms with Crippen LogP contribution in [0.5, 0.6) is 0 Å². The Bertz CT molecular complexity index is 362. The minimum absolute atomic E-state index is 0.202. The van der Waals surface area contributed by atoms with Crippen molar-refractivity contribution in [2.24, 2.45) is 0 Å². The van der Waals surface area contributed by atoms with E-state index in [1.165, 1.54) is 12.1 Å². The van der Waals surface area contributed by atoms with Gasteiger partial charge in [-0.1, -0.05) is 32.4 Å². The van der Waals surface area contributed by atoms with Gasteiger partial charge in [0.1, 0.15) is 5.82 Å². The number of nitrogens with one attached hydrogen (secondary N) is 1. The van der Waals surface area contributed by atoms with Gasteiger partial charge in [0.15, 0.2) is 0 Å². The standard InChI is InChI=1S/C10H11ClFNOS.C2H6/c1-2-7-8(11)3-6(4-9(7)12)10(14)13-5-15;1-2/h3-4,15H,2,5H2,1H3,(H,13,14);1-2H3. The smallest absolute Gasteiger partial charge is 0.252 e. The van der Waals surface area contributed by atoms with Crippen LogP contribution in [0.15, 0.2) is 12.1 Å². The zero-order chi connectivity index (χ0) is 13.4. The average Bonchev–Trinajstić information content (AvgIpc) is 2.31. The van der Waals surface area contributed by atoms with E-state index in [0.29, 0.717) is 12.0 Å². The van der Waals surface area contributed by atoms with Gasteiger partial charge in [-0.25, -0.2) is 4.39 Å². The van der Waals surface area contributed by atoms with Crippen molar-refractivity contribution >= 4 is 30.1 Å². The van der Waals surface area contributed by atoms with Crippen LogP contribution >= 0.6 is 24.2 Å². The second-order valence-corrected chi connectivity index (χ2v) is 3.66. The Morgan fingerprint density at radius 2 is 2.06 bits per heavy atom. The number of benzene rings is 1. The van der Waals surface area contributed by atoms with Gasteiger partial charge in [-0.3, -0.25) is 4.79 Å². The number of hydrogen-bond donors (Lipinski definition) is 2. The van der Waals surface area contributed by atoms with Gasteiger partial charge in [-0.15, -0.1) is 0 Å². The zero-order valence-electron chi connectivity index (χ0n) is 10.2. The quantitative estimate of drug-likeness (QED) is 0.640. The molecule has 0 aromatic heterocycles. The lowest BCUT2D eigenvalue weighted by Gasteiger charge is -2.07. The van der Waals surface area contributed by atoms with Gasteiger partial charge in [0.2, 0.25) is 0 Å². The summed E-state index contributed by atoms with van der Waals surface area (Å²) in [6, 6.07) is 2.64. The fourth-order valence-electron chi connectivity index (χ4n) is 1.25. The lowest BCUT2D eigenvalue weighted by atomic mass is 10.1. The molecule has 0 radical (unpaired) electrons. The molecule has 0 unspecified atom stereocenters. The van der Waals surface area contributed by atoms with Gasteiger partial charge in [0.25, 0.3) is 5.91 Å². The molecule has 0 aliphatic rings. The molecule has 1 amide bonds. The molecule has 0 atom stereocenters. The predicted octanol–water partition coefficient (Wildman–Crippen LogP) is 3.68. The van der Waals surface area contributed by atoms with E-state index in [1.54, 1.807) is 6.92 Å². The van der Waals surface area contributed by atoms with E-state index >= 15 is 0 Å². The number of hydrogen-bond acceptors (Lipinski definition) is 2. The highest BCUT2D eigenvalue weighted by atomic mass is 35.5. The fourth-order valence-corrected chi connectivity index (χ4v) is 1.73. The van der Waals surface area contributed by atoms with Crippen LogP contribution in [-0.2, 0) is 6.42 Å². The van der Waals surface area contributed by atoms with Crippen LogP contribution in [-0.4, -0.2) is 11.8 Å². The van der Waals surface area contributed by atoms with Crippen molar-refractivity contribution in [3.05, 3.63) is 34.1 Å². The number of thiol groups is 1. The summed E-state index contributed by atoms with van der Waals surface area (Å²) in [6.07, 6.45) is 0.499. The average molecular weight is 278 g/mol. The van der Waals surface area contributed by atoms with E-state index in [-0.39, 0.29) is 22.4 Å². The minimum Gasteiger partial charge on any atom is -0.343 e. The van der Waals surface area contributed by atoms with Crippen LogP contribution in [0.2, 0.25) is 5.02 Å². The first-order chi connectivity index (χ1) is 8.10. The van der Waals surface area contributed by atoms with Crippen LogP contribution in [0.4, 0.5) is 4.39 Å². The molecule has 2 nitrogen and oxygen atoms in total. The highest BCUT2D eigenvalue weighted by molar-refractivity contribution is 7.80. The normalized spacial score (nSPS) is 9.29. The first-order valence-electron chi connectivity index (χ1n) is 5.47. The molecule has 1 rings (SSSR count). The van der Waals surface area contributed by atoms with Crippen LogP contribution < -0.4 is 5.32 Å². The van der Waals surface area contributed by atoms with Gasteiger partial charge in [-0.2, -0.15) is 12.6 Å². The minimum atomic E-state index is -0.450. The molecule has 1 aromatic carbocycles. The Kier molecular flexibility index (Phi) is 8.00. The van der Waals surface area contributed by atoms with E-state index in [9.17, 15) is 9.18 Å². The number of amides is 1. The van der Waals surface area contributed by atoms with Crippen molar-refractivity contribution in [2.75, 3.05) is 5.88 Å². The van der Waals surface area contributed by atoms with Gasteiger partial charge in [0, 0.05) is 16.1 Å². The maximum atomic E-state index is 13.4. The zero-order valence-corrected chi connectivity index (χ0v) is 11.8. The molecule has 0 aliphatic carbocycles. The molecule has 1 aromatic rings. The Morgan fingerprint density at radius 1 is 1.47 bits per heavy atom. The highest BCUT2D eigenvalue weighted by Gasteiger charge is 2.12. The van der Waals surface area contributed by atoms with Crippen LogP contribution in [0, 0.1) is 5.82 Å². The van der Waals surface area contributed by atoms with E-state index in [2.05, 4.69) is 17.9 Å². The summed E-state index contributed by atoms with van der Waals surface area (Å²) < 4.78 is 13.4. The summed E-state index contributed by atoms with van der Waals surface area (Å²) in [5, 5.41) is 2.73. The van der Waals surface area contributed by atoms with Crippen molar-refractivity contribution < 1.29 is 9.18 Å². The molecule has 5 heteroatoms. The third-order valence-electron chi connectivity index (χ3n) is 2.00. The van der Waals surface area contributed by atoms with Crippen molar-refractivity contribution in [2.45, 2.75) is 27.2 Å². The van der Waals surface area contributed by atoms with E-state index in [1.807, 2.05) is 13.8 Å².